The van der Waals surface area contributed by atoms with Gasteiger partial charge in [-0.2, -0.15) is 14.3 Å². The van der Waals surface area contributed by atoms with Crippen LogP contribution in [0.1, 0.15) is 31.2 Å². The zero-order valence-corrected chi connectivity index (χ0v) is 18.4. The average molecular weight is 450 g/mol. The summed E-state index contributed by atoms with van der Waals surface area (Å²) >= 11 is 0. The molecule has 0 saturated heterocycles. The summed E-state index contributed by atoms with van der Waals surface area (Å²) in [7, 11) is -2.27. The quantitative estimate of drug-likeness (QED) is 0.590. The number of hydrogen-bond donors (Lipinski definition) is 1. The number of aromatic nitrogens is 1. The fourth-order valence-electron chi connectivity index (χ4n) is 3.60. The lowest BCUT2D eigenvalue weighted by atomic mass is 9.94. The minimum atomic E-state index is -3.79. The normalized spacial score (nSPS) is 22.6. The van der Waals surface area contributed by atoms with E-state index in [0.29, 0.717) is 17.2 Å². The summed E-state index contributed by atoms with van der Waals surface area (Å²) in [5.74, 6) is -1.07. The number of carbonyl (C=O) groups is 2. The summed E-state index contributed by atoms with van der Waals surface area (Å²) < 4.78 is 40.1. The van der Waals surface area contributed by atoms with Crippen LogP contribution >= 0.6 is 0 Å². The number of allylic oxidation sites excluding steroid dienone is 2. The molecule has 1 aliphatic heterocycles. The van der Waals surface area contributed by atoms with Crippen molar-refractivity contribution in [3.8, 4) is 0 Å². The van der Waals surface area contributed by atoms with Crippen LogP contribution < -0.4 is 4.72 Å². The van der Waals surface area contributed by atoms with Crippen molar-refractivity contribution in [1.29, 1.82) is 0 Å². The summed E-state index contributed by atoms with van der Waals surface area (Å²) in [6.45, 7) is 3.96. The summed E-state index contributed by atoms with van der Waals surface area (Å²) in [4.78, 5) is 27.4. The zero-order chi connectivity index (χ0) is 22.4. The van der Waals surface area contributed by atoms with Crippen molar-refractivity contribution < 1.29 is 31.8 Å². The van der Waals surface area contributed by atoms with Crippen molar-refractivity contribution in [2.75, 3.05) is 20.3 Å². The Morgan fingerprint density at radius 1 is 1.35 bits per heavy atom. The maximum Gasteiger partial charge on any atom is 0.501 e. The number of ether oxygens (including phenoxy) is 1. The van der Waals surface area contributed by atoms with Crippen LogP contribution in [0.4, 0.5) is 4.79 Å². The van der Waals surface area contributed by atoms with Gasteiger partial charge in [-0.15, -0.1) is 0 Å². The molecule has 0 radical (unpaired) electrons. The van der Waals surface area contributed by atoms with Gasteiger partial charge in [0.05, 0.1) is 17.2 Å². The van der Waals surface area contributed by atoms with E-state index < -0.39 is 33.4 Å². The minimum absolute atomic E-state index is 0.0132. The van der Waals surface area contributed by atoms with E-state index in [1.54, 1.807) is 13.0 Å². The molecule has 1 atom stereocenters. The first-order valence-corrected chi connectivity index (χ1v) is 11.5. The minimum Gasteiger partial charge on any atom is -0.381 e. The second-order valence-corrected chi connectivity index (χ2v) is 9.94. The fourth-order valence-corrected chi connectivity index (χ4v) is 5.14. The van der Waals surface area contributed by atoms with Crippen molar-refractivity contribution in [2.45, 2.75) is 38.8 Å². The summed E-state index contributed by atoms with van der Waals surface area (Å²) in [5.41, 5.74) is 0.614. The Morgan fingerprint density at radius 2 is 2.10 bits per heavy atom. The van der Waals surface area contributed by atoms with Crippen molar-refractivity contribution in [3.05, 3.63) is 40.7 Å². The Kier molecular flexibility index (Phi) is 5.44. The number of aryl methyl sites for hydroxylation is 1. The van der Waals surface area contributed by atoms with Crippen molar-refractivity contribution in [3.63, 3.8) is 0 Å². The summed E-state index contributed by atoms with van der Waals surface area (Å²) in [6.07, 6.45) is 5.89. The highest BCUT2D eigenvalue weighted by molar-refractivity contribution is 7.93. The summed E-state index contributed by atoms with van der Waals surface area (Å²) in [5, 5.41) is 3.79. The number of fused-ring (bicyclic) bond motifs is 1. The number of amides is 3. The van der Waals surface area contributed by atoms with Crippen molar-refractivity contribution in [2.24, 2.45) is 5.92 Å². The molecular weight excluding hydrogens is 424 g/mol. The lowest BCUT2D eigenvalue weighted by molar-refractivity contribution is -0.444. The Balaban J connectivity index is 1.70. The second-order valence-electron chi connectivity index (χ2n) is 8.26. The lowest BCUT2D eigenvalue weighted by Crippen LogP contribution is -2.54. The highest BCUT2D eigenvalue weighted by atomic mass is 32.2. The maximum absolute atomic E-state index is 13.2. The van der Waals surface area contributed by atoms with E-state index in [0.717, 1.165) is 17.7 Å². The molecule has 4 rings (SSSR count). The van der Waals surface area contributed by atoms with Crippen molar-refractivity contribution in [1.82, 2.24) is 14.8 Å². The largest absolute Gasteiger partial charge is 0.501 e. The van der Waals surface area contributed by atoms with Gasteiger partial charge >= 0.3 is 11.9 Å². The predicted molar refractivity (Wildman–Crippen MR) is 110 cm³/mol. The van der Waals surface area contributed by atoms with Gasteiger partial charge in [0.2, 0.25) is 10.0 Å². The Hall–Kier alpha value is -2.63. The molecule has 2 aliphatic carbocycles. The van der Waals surface area contributed by atoms with Gasteiger partial charge in [-0.25, -0.2) is 17.9 Å². The molecule has 3 amide bonds. The Bertz CT molecular complexity index is 1130. The maximum atomic E-state index is 13.2. The van der Waals surface area contributed by atoms with Gasteiger partial charge in [-0.05, 0) is 44.9 Å². The van der Waals surface area contributed by atoms with Gasteiger partial charge in [0.15, 0.2) is 12.3 Å². The van der Waals surface area contributed by atoms with Gasteiger partial charge in [-0.3, -0.25) is 0 Å². The molecule has 0 bridgehead atoms. The molecule has 1 aromatic rings. The number of rotatable bonds is 8. The number of sulfonamides is 1. The first-order chi connectivity index (χ1) is 14.6. The number of carbonyl (C=O) groups excluding carboxylic acids is 2. The molecule has 1 aromatic heterocycles. The van der Waals surface area contributed by atoms with E-state index in [4.69, 9.17) is 9.26 Å². The van der Waals surface area contributed by atoms with Gasteiger partial charge in [0, 0.05) is 18.7 Å². The third-order valence-electron chi connectivity index (χ3n) is 5.57. The molecule has 31 heavy (non-hydrogen) atoms. The van der Waals surface area contributed by atoms with Crippen LogP contribution in [0, 0.1) is 12.8 Å². The molecule has 1 fully saturated rings. The second kappa shape index (κ2) is 7.81. The van der Waals surface area contributed by atoms with E-state index in [1.807, 2.05) is 6.92 Å². The molecular formula is C20H25N4O6S+. The summed E-state index contributed by atoms with van der Waals surface area (Å²) in [6, 6.07) is 1.13. The van der Waals surface area contributed by atoms with Crippen LogP contribution in [-0.2, 0) is 26.1 Å². The van der Waals surface area contributed by atoms with Crippen molar-refractivity contribution >= 4 is 27.7 Å². The molecule has 2 heterocycles. The molecule has 166 valence electrons. The fraction of sp³-hybridized carbons (Fsp3) is 0.500. The number of nitrogens with zero attached hydrogens (tertiary/aromatic N) is 3. The lowest BCUT2D eigenvalue weighted by Gasteiger charge is -2.27. The number of imide groups is 1. The van der Waals surface area contributed by atoms with Crippen LogP contribution in [0.5, 0.6) is 0 Å². The molecule has 0 spiro atoms. The smallest absolute Gasteiger partial charge is 0.381 e. The Labute approximate surface area is 180 Å². The number of methoxy groups -OCH3 is 1. The molecule has 1 saturated carbocycles. The predicted octanol–water partition coefficient (Wildman–Crippen LogP) is 1.09. The van der Waals surface area contributed by atoms with Crippen LogP contribution in [0.2, 0.25) is 0 Å². The van der Waals surface area contributed by atoms with E-state index in [-0.39, 0.29) is 24.6 Å². The zero-order valence-electron chi connectivity index (χ0n) is 17.6. The standard InChI is InChI=1S/C20H25N4O6S/c1-13-10-14(30-21-13)12-24-18(25)16-11-15(31(27,28)22-20(2)6-7-20)4-5-17(16)23(19(24)26)8-9-29-3/h4-5,10-11,16,22H,6-9,12H2,1-3H3/q+1. The van der Waals surface area contributed by atoms with Crippen LogP contribution in [0.25, 0.3) is 0 Å². The first kappa shape index (κ1) is 21.6. The monoisotopic (exact) mass is 449 g/mol. The molecule has 3 aliphatic rings. The van der Waals surface area contributed by atoms with Gasteiger partial charge < -0.3 is 9.26 Å². The van der Waals surface area contributed by atoms with E-state index in [1.165, 1.54) is 29.9 Å². The van der Waals surface area contributed by atoms with Crippen LogP contribution in [0.15, 0.2) is 33.7 Å². The van der Waals surface area contributed by atoms with Gasteiger partial charge in [0.25, 0.3) is 0 Å². The topological polar surface area (TPSA) is 122 Å². The van der Waals surface area contributed by atoms with E-state index in [2.05, 4.69) is 9.88 Å². The number of urea groups is 1. The first-order valence-electron chi connectivity index (χ1n) is 9.98. The molecule has 1 N–H and O–H groups in total. The third kappa shape index (κ3) is 4.25. The average Bonchev–Trinajstić information content (AvgIpc) is 3.28. The molecule has 11 heteroatoms. The van der Waals surface area contributed by atoms with Gasteiger partial charge in [0.1, 0.15) is 18.2 Å². The van der Waals surface area contributed by atoms with E-state index >= 15 is 0 Å². The van der Waals surface area contributed by atoms with Crippen LogP contribution in [-0.4, -0.2) is 66.5 Å². The third-order valence-corrected chi connectivity index (χ3v) is 7.23. The Morgan fingerprint density at radius 3 is 2.71 bits per heavy atom. The highest BCUT2D eigenvalue weighted by Gasteiger charge is 2.49. The van der Waals surface area contributed by atoms with Gasteiger partial charge in [-0.1, -0.05) is 5.16 Å². The SMILES string of the molecule is COCC[N+]1=C2C=CC(S(=O)(=O)NC3(C)CC3)=CC2C(=O)N(Cc2cc(C)no2)C1=O. The molecule has 0 aromatic carbocycles. The van der Waals surface area contributed by atoms with Crippen LogP contribution in [0.3, 0.4) is 0 Å². The molecule has 1 unspecified atom stereocenters. The molecule has 10 nitrogen and oxygen atoms in total. The highest BCUT2D eigenvalue weighted by Crippen LogP contribution is 2.36. The van der Waals surface area contributed by atoms with E-state index in [9.17, 15) is 18.0 Å². The number of nitrogens with one attached hydrogen (secondary N) is 1. The number of hydrogen-bond acceptors (Lipinski definition) is 7.